The zero-order valence-corrected chi connectivity index (χ0v) is 15.8. The van der Waals surface area contributed by atoms with E-state index in [-0.39, 0.29) is 12.1 Å². The zero-order valence-electron chi connectivity index (χ0n) is 15.8. The molecule has 0 saturated carbocycles. The Labute approximate surface area is 154 Å². The number of benzene rings is 1. The van der Waals surface area contributed by atoms with Crippen molar-refractivity contribution in [2.45, 2.75) is 13.8 Å². The highest BCUT2D eigenvalue weighted by Gasteiger charge is 2.22. The summed E-state index contributed by atoms with van der Waals surface area (Å²) in [6, 6.07) is 6.95. The molecule has 1 aromatic rings. The van der Waals surface area contributed by atoms with Crippen LogP contribution in [0.4, 0.5) is 4.79 Å². The molecule has 0 N–H and O–H groups in total. The van der Waals surface area contributed by atoms with Gasteiger partial charge in [0.2, 0.25) is 0 Å². The summed E-state index contributed by atoms with van der Waals surface area (Å²) in [4.78, 5) is 27.5. The first-order chi connectivity index (χ1) is 12.5. The van der Waals surface area contributed by atoms with Gasteiger partial charge in [0, 0.05) is 32.7 Å². The molecule has 1 fully saturated rings. The number of rotatable bonds is 7. The number of carbonyl (C=O) groups excluding carboxylic acids is 2. The van der Waals surface area contributed by atoms with E-state index in [0.717, 1.165) is 19.6 Å². The van der Waals surface area contributed by atoms with Gasteiger partial charge in [-0.25, -0.2) is 9.59 Å². The Bertz CT molecular complexity index is 597. The summed E-state index contributed by atoms with van der Waals surface area (Å²) >= 11 is 0. The van der Waals surface area contributed by atoms with Crippen molar-refractivity contribution in [3.05, 3.63) is 29.8 Å². The van der Waals surface area contributed by atoms with Crippen LogP contribution < -0.4 is 4.74 Å². The van der Waals surface area contributed by atoms with Crippen molar-refractivity contribution < 1.29 is 23.8 Å². The van der Waals surface area contributed by atoms with Crippen molar-refractivity contribution in [1.82, 2.24) is 9.80 Å². The Balaban J connectivity index is 1.69. The van der Waals surface area contributed by atoms with Gasteiger partial charge in [0.25, 0.3) is 0 Å². The highest BCUT2D eigenvalue weighted by Crippen LogP contribution is 2.14. The fourth-order valence-corrected chi connectivity index (χ4v) is 2.61. The van der Waals surface area contributed by atoms with E-state index in [1.54, 1.807) is 23.1 Å². The predicted molar refractivity (Wildman–Crippen MR) is 97.5 cm³/mol. The molecule has 0 unspecified atom stereocenters. The fourth-order valence-electron chi connectivity index (χ4n) is 2.61. The molecule has 7 heteroatoms. The monoisotopic (exact) mass is 364 g/mol. The van der Waals surface area contributed by atoms with Gasteiger partial charge in [-0.2, -0.15) is 0 Å². The second kappa shape index (κ2) is 10.0. The smallest absolute Gasteiger partial charge is 0.409 e. The molecule has 0 bridgehead atoms. The number of amides is 1. The second-order valence-corrected chi connectivity index (χ2v) is 6.67. The standard InChI is InChI=1S/C19H28N2O5/c1-15(2)14-26-19(23)21-9-7-20(8-10-21)11-12-25-17-6-4-5-16(13-17)18(22)24-3/h4-6,13,15H,7-12,14H2,1-3H3. The molecule has 1 aliphatic heterocycles. The van der Waals surface area contributed by atoms with Crippen LogP contribution in [0.15, 0.2) is 24.3 Å². The van der Waals surface area contributed by atoms with E-state index in [1.165, 1.54) is 7.11 Å². The average molecular weight is 364 g/mol. The number of carbonyl (C=O) groups is 2. The maximum atomic E-state index is 11.9. The lowest BCUT2D eigenvalue weighted by molar-refractivity contribution is 0.0598. The first-order valence-electron chi connectivity index (χ1n) is 8.95. The summed E-state index contributed by atoms with van der Waals surface area (Å²) in [5.41, 5.74) is 0.471. The lowest BCUT2D eigenvalue weighted by Gasteiger charge is -2.34. The van der Waals surface area contributed by atoms with Gasteiger partial charge in [0.15, 0.2) is 0 Å². The van der Waals surface area contributed by atoms with Crippen LogP contribution in [0.1, 0.15) is 24.2 Å². The molecule has 0 aromatic heterocycles. The predicted octanol–water partition coefficient (Wildman–Crippen LogP) is 2.26. The van der Waals surface area contributed by atoms with Crippen molar-refractivity contribution in [2.24, 2.45) is 5.92 Å². The zero-order chi connectivity index (χ0) is 18.9. The van der Waals surface area contributed by atoms with Crippen LogP contribution in [0.25, 0.3) is 0 Å². The summed E-state index contributed by atoms with van der Waals surface area (Å²) in [5.74, 6) is 0.606. The van der Waals surface area contributed by atoms with Gasteiger partial charge in [-0.15, -0.1) is 0 Å². The maximum Gasteiger partial charge on any atom is 0.409 e. The third kappa shape index (κ3) is 6.22. The Morgan fingerprint density at radius 2 is 1.88 bits per heavy atom. The van der Waals surface area contributed by atoms with Crippen LogP contribution in [0, 0.1) is 5.92 Å². The van der Waals surface area contributed by atoms with Crippen molar-refractivity contribution in [3.8, 4) is 5.75 Å². The Hall–Kier alpha value is -2.28. The van der Waals surface area contributed by atoms with E-state index in [2.05, 4.69) is 4.90 Å². The number of piperazine rings is 1. The number of methoxy groups -OCH3 is 1. The van der Waals surface area contributed by atoms with E-state index in [4.69, 9.17) is 14.2 Å². The van der Waals surface area contributed by atoms with Crippen molar-refractivity contribution in [3.63, 3.8) is 0 Å². The Morgan fingerprint density at radius 1 is 1.15 bits per heavy atom. The molecule has 26 heavy (non-hydrogen) atoms. The fraction of sp³-hybridized carbons (Fsp3) is 0.579. The second-order valence-electron chi connectivity index (χ2n) is 6.67. The molecule has 0 aliphatic carbocycles. The number of esters is 1. The van der Waals surface area contributed by atoms with Gasteiger partial charge in [0.1, 0.15) is 12.4 Å². The normalized spacial score (nSPS) is 15.0. The van der Waals surface area contributed by atoms with Crippen molar-refractivity contribution in [1.29, 1.82) is 0 Å². The highest BCUT2D eigenvalue weighted by atomic mass is 16.6. The first kappa shape index (κ1) is 20.0. The summed E-state index contributed by atoms with van der Waals surface area (Å²) in [7, 11) is 1.36. The molecule has 1 heterocycles. The summed E-state index contributed by atoms with van der Waals surface area (Å²) in [6.07, 6.45) is -0.228. The average Bonchev–Trinajstić information content (AvgIpc) is 2.66. The number of nitrogens with zero attached hydrogens (tertiary/aromatic N) is 2. The van der Waals surface area contributed by atoms with Crippen LogP contribution in [-0.2, 0) is 9.47 Å². The van der Waals surface area contributed by atoms with Crippen LogP contribution in [-0.4, -0.2) is 74.9 Å². The lowest BCUT2D eigenvalue weighted by atomic mass is 10.2. The summed E-state index contributed by atoms with van der Waals surface area (Å²) < 4.78 is 15.7. The van der Waals surface area contributed by atoms with Crippen molar-refractivity contribution >= 4 is 12.1 Å². The van der Waals surface area contributed by atoms with E-state index in [9.17, 15) is 9.59 Å². The number of hydrogen-bond donors (Lipinski definition) is 0. The molecule has 1 amide bonds. The third-order valence-corrected chi connectivity index (χ3v) is 4.10. The van der Waals surface area contributed by atoms with E-state index < -0.39 is 0 Å². The third-order valence-electron chi connectivity index (χ3n) is 4.10. The molecule has 1 saturated heterocycles. The van der Waals surface area contributed by atoms with Gasteiger partial charge in [-0.1, -0.05) is 19.9 Å². The number of ether oxygens (including phenoxy) is 3. The van der Waals surface area contributed by atoms with Crippen LogP contribution >= 0.6 is 0 Å². The molecule has 0 atom stereocenters. The molecule has 2 rings (SSSR count). The van der Waals surface area contributed by atoms with Crippen LogP contribution in [0.3, 0.4) is 0 Å². The molecule has 0 spiro atoms. The van der Waals surface area contributed by atoms with Gasteiger partial charge in [0.05, 0.1) is 19.3 Å². The lowest BCUT2D eigenvalue weighted by Crippen LogP contribution is -2.49. The van der Waals surface area contributed by atoms with E-state index in [0.29, 0.717) is 43.5 Å². The highest BCUT2D eigenvalue weighted by molar-refractivity contribution is 5.89. The molecule has 144 valence electrons. The minimum absolute atomic E-state index is 0.228. The van der Waals surface area contributed by atoms with Crippen LogP contribution in [0.2, 0.25) is 0 Å². The molecular weight excluding hydrogens is 336 g/mol. The van der Waals surface area contributed by atoms with Gasteiger partial charge in [-0.3, -0.25) is 4.90 Å². The topological polar surface area (TPSA) is 68.3 Å². The number of hydrogen-bond acceptors (Lipinski definition) is 6. The van der Waals surface area contributed by atoms with Gasteiger partial charge < -0.3 is 19.1 Å². The largest absolute Gasteiger partial charge is 0.492 e. The molecular formula is C19H28N2O5. The van der Waals surface area contributed by atoms with Gasteiger partial charge >= 0.3 is 12.1 Å². The molecule has 1 aromatic carbocycles. The SMILES string of the molecule is COC(=O)c1cccc(OCCN2CCN(C(=O)OCC(C)C)CC2)c1. The van der Waals surface area contributed by atoms with E-state index >= 15 is 0 Å². The minimum Gasteiger partial charge on any atom is -0.492 e. The summed E-state index contributed by atoms with van der Waals surface area (Å²) in [6.45, 7) is 8.68. The Morgan fingerprint density at radius 3 is 2.54 bits per heavy atom. The first-order valence-corrected chi connectivity index (χ1v) is 8.95. The van der Waals surface area contributed by atoms with Crippen LogP contribution in [0.5, 0.6) is 5.75 Å². The quantitative estimate of drug-likeness (QED) is 0.692. The van der Waals surface area contributed by atoms with Crippen molar-refractivity contribution in [2.75, 3.05) is 53.0 Å². The van der Waals surface area contributed by atoms with E-state index in [1.807, 2.05) is 19.9 Å². The van der Waals surface area contributed by atoms with Gasteiger partial charge in [-0.05, 0) is 24.1 Å². The molecule has 7 nitrogen and oxygen atoms in total. The molecule has 1 aliphatic rings. The maximum absolute atomic E-state index is 11.9. The Kier molecular flexibility index (Phi) is 7.72. The molecule has 0 radical (unpaired) electrons. The summed E-state index contributed by atoms with van der Waals surface area (Å²) in [5, 5.41) is 0. The minimum atomic E-state index is -0.379.